The second kappa shape index (κ2) is 8.68. The van der Waals surface area contributed by atoms with Gasteiger partial charge in [-0.25, -0.2) is 8.42 Å². The lowest BCUT2D eigenvalue weighted by Gasteiger charge is -2.28. The van der Waals surface area contributed by atoms with Crippen LogP contribution >= 0.6 is 0 Å². The van der Waals surface area contributed by atoms with Crippen LogP contribution in [0.1, 0.15) is 42.3 Å². The Morgan fingerprint density at radius 3 is 2.39 bits per heavy atom. The van der Waals surface area contributed by atoms with Gasteiger partial charge in [-0.3, -0.25) is 14.3 Å². The predicted octanol–water partition coefficient (Wildman–Crippen LogP) is 1.89. The number of sulfonamides is 1. The number of aliphatic hydroxyl groups excluding tert-OH is 1. The van der Waals surface area contributed by atoms with Crippen molar-refractivity contribution in [3.63, 3.8) is 0 Å². The molecular weight excluding hydrogens is 418 g/mol. The van der Waals surface area contributed by atoms with Gasteiger partial charge in [-0.05, 0) is 67.8 Å². The first-order chi connectivity index (χ1) is 14.5. The molecule has 1 aliphatic heterocycles. The number of carbonyl (C=O) groups excluding carboxylic acids is 2. The summed E-state index contributed by atoms with van der Waals surface area (Å²) in [7, 11) is -3.84. The van der Waals surface area contributed by atoms with Crippen LogP contribution in [-0.4, -0.2) is 48.9 Å². The van der Waals surface area contributed by atoms with E-state index in [2.05, 4.69) is 10.0 Å². The van der Waals surface area contributed by atoms with Gasteiger partial charge < -0.3 is 15.3 Å². The minimum Gasteiger partial charge on any atom is -0.394 e. The predicted molar refractivity (Wildman–Crippen MR) is 117 cm³/mol. The molecule has 1 heterocycles. The summed E-state index contributed by atoms with van der Waals surface area (Å²) in [5, 5.41) is 12.0. The lowest BCUT2D eigenvalue weighted by Crippen LogP contribution is -2.46. The third-order valence-electron chi connectivity index (χ3n) is 5.19. The molecule has 0 saturated carbocycles. The number of hydrogen-bond donors (Lipinski definition) is 3. The second-order valence-electron chi connectivity index (χ2n) is 8.30. The highest BCUT2D eigenvalue weighted by atomic mass is 32.2. The molecular formula is C22H27N3O5S. The molecule has 0 aromatic heterocycles. The Hall–Kier alpha value is -2.91. The van der Waals surface area contributed by atoms with Gasteiger partial charge in [0.1, 0.15) is 0 Å². The first kappa shape index (κ1) is 22.8. The van der Waals surface area contributed by atoms with Crippen molar-refractivity contribution < 1.29 is 23.1 Å². The molecule has 8 nitrogen and oxygen atoms in total. The highest BCUT2D eigenvalue weighted by Crippen LogP contribution is 2.24. The van der Waals surface area contributed by atoms with Crippen molar-refractivity contribution in [2.75, 3.05) is 17.9 Å². The van der Waals surface area contributed by atoms with E-state index in [-0.39, 0.29) is 23.3 Å². The number of nitrogens with zero attached hydrogens (tertiary/aromatic N) is 1. The van der Waals surface area contributed by atoms with E-state index >= 15 is 0 Å². The molecule has 0 bridgehead atoms. The first-order valence-electron chi connectivity index (χ1n) is 9.94. The maximum atomic E-state index is 12.8. The average molecular weight is 446 g/mol. The molecule has 166 valence electrons. The molecule has 0 atom stereocenters. The molecule has 0 radical (unpaired) electrons. The lowest BCUT2D eigenvalue weighted by molar-refractivity contribution is -0.129. The zero-order valence-corrected chi connectivity index (χ0v) is 18.6. The van der Waals surface area contributed by atoms with Gasteiger partial charge in [-0.1, -0.05) is 6.07 Å². The topological polar surface area (TPSA) is 116 Å². The van der Waals surface area contributed by atoms with E-state index in [4.69, 9.17) is 0 Å². The summed E-state index contributed by atoms with van der Waals surface area (Å²) in [5.41, 5.74) is 1.77. The number of nitrogens with one attached hydrogen (secondary N) is 2. The van der Waals surface area contributed by atoms with E-state index in [0.717, 1.165) is 11.1 Å². The first-order valence-corrected chi connectivity index (χ1v) is 11.4. The van der Waals surface area contributed by atoms with Crippen LogP contribution in [0.5, 0.6) is 0 Å². The monoisotopic (exact) mass is 445 g/mol. The summed E-state index contributed by atoms with van der Waals surface area (Å²) in [6.45, 7) is 5.71. The van der Waals surface area contributed by atoms with Gasteiger partial charge in [0.25, 0.3) is 15.9 Å². The maximum Gasteiger partial charge on any atom is 0.261 e. The fraction of sp³-hybridized carbons (Fsp3) is 0.364. The highest BCUT2D eigenvalue weighted by Gasteiger charge is 2.23. The summed E-state index contributed by atoms with van der Waals surface area (Å²) in [6, 6.07) is 11.0. The van der Waals surface area contributed by atoms with Crippen molar-refractivity contribution >= 4 is 27.5 Å². The summed E-state index contributed by atoms with van der Waals surface area (Å²) in [5.74, 6) is -0.401. The van der Waals surface area contributed by atoms with Crippen molar-refractivity contribution in [1.82, 2.24) is 10.2 Å². The van der Waals surface area contributed by atoms with Gasteiger partial charge in [-0.2, -0.15) is 0 Å². The van der Waals surface area contributed by atoms with Crippen LogP contribution in [0.25, 0.3) is 0 Å². The van der Waals surface area contributed by atoms with E-state index in [0.29, 0.717) is 30.8 Å². The van der Waals surface area contributed by atoms with Crippen LogP contribution in [0.15, 0.2) is 47.4 Å². The minimum absolute atomic E-state index is 0.0384. The number of rotatable bonds is 6. The smallest absolute Gasteiger partial charge is 0.261 e. The summed E-state index contributed by atoms with van der Waals surface area (Å²) in [6.07, 6.45) is 0.694. The molecule has 3 rings (SSSR count). The second-order valence-corrected chi connectivity index (χ2v) is 9.98. The molecule has 0 aliphatic carbocycles. The Bertz CT molecular complexity index is 1090. The van der Waals surface area contributed by atoms with Crippen molar-refractivity contribution in [3.05, 3.63) is 59.2 Å². The van der Waals surface area contributed by atoms with E-state index in [9.17, 15) is 23.1 Å². The fourth-order valence-corrected chi connectivity index (χ4v) is 4.40. The third kappa shape index (κ3) is 5.42. The normalized spacial score (nSPS) is 14.0. The Morgan fingerprint density at radius 1 is 1.10 bits per heavy atom. The Kier molecular flexibility index (Phi) is 6.38. The van der Waals surface area contributed by atoms with Gasteiger partial charge in [0.05, 0.1) is 17.0 Å². The number of anilines is 1. The SMILES string of the molecule is CC(=O)N1CCc2ccc(S(=O)(=O)Nc3ccc(C(=O)NC(C)(C)CO)cc3)cc2C1. The zero-order chi connectivity index (χ0) is 22.8. The molecule has 2 aromatic carbocycles. The summed E-state index contributed by atoms with van der Waals surface area (Å²) in [4.78, 5) is 25.7. The Labute approximate surface area is 182 Å². The van der Waals surface area contributed by atoms with Gasteiger partial charge >= 0.3 is 0 Å². The molecule has 2 amide bonds. The van der Waals surface area contributed by atoms with Gasteiger partial charge in [-0.15, -0.1) is 0 Å². The zero-order valence-electron chi connectivity index (χ0n) is 17.8. The molecule has 0 unspecified atom stereocenters. The Morgan fingerprint density at radius 2 is 1.77 bits per heavy atom. The third-order valence-corrected chi connectivity index (χ3v) is 6.57. The quantitative estimate of drug-likeness (QED) is 0.628. The standard InChI is InChI=1S/C22H27N3O5S/c1-15(27)25-11-10-16-6-9-20(12-18(16)13-25)31(29,30)24-19-7-4-17(5-8-19)21(28)23-22(2,3)14-26/h4-9,12,24,26H,10-11,13-14H2,1-3H3,(H,23,28). The molecule has 2 aromatic rings. The molecule has 3 N–H and O–H groups in total. The van der Waals surface area contributed by atoms with Crippen LogP contribution in [0.2, 0.25) is 0 Å². The largest absolute Gasteiger partial charge is 0.394 e. The molecule has 0 saturated heterocycles. The molecule has 9 heteroatoms. The number of amides is 2. The van der Waals surface area contributed by atoms with Gasteiger partial charge in [0.2, 0.25) is 5.91 Å². The van der Waals surface area contributed by atoms with Crippen LogP contribution in [-0.2, 0) is 27.8 Å². The van der Waals surface area contributed by atoms with E-state index in [1.165, 1.54) is 31.2 Å². The number of carbonyl (C=O) groups is 2. The maximum absolute atomic E-state index is 12.8. The number of aliphatic hydroxyl groups is 1. The molecule has 1 aliphatic rings. The fourth-order valence-electron chi connectivity index (χ4n) is 3.29. The Balaban J connectivity index is 1.75. The molecule has 0 fully saturated rings. The van der Waals surface area contributed by atoms with Crippen molar-refractivity contribution in [1.29, 1.82) is 0 Å². The van der Waals surface area contributed by atoms with Crippen molar-refractivity contribution in [2.45, 2.75) is 44.2 Å². The lowest BCUT2D eigenvalue weighted by atomic mass is 10.00. The van der Waals surface area contributed by atoms with Gasteiger partial charge in [0.15, 0.2) is 0 Å². The molecule has 0 spiro atoms. The minimum atomic E-state index is -3.84. The van der Waals surface area contributed by atoms with Crippen LogP contribution in [0.4, 0.5) is 5.69 Å². The van der Waals surface area contributed by atoms with E-state index < -0.39 is 15.6 Å². The summed E-state index contributed by atoms with van der Waals surface area (Å²) >= 11 is 0. The molecule has 31 heavy (non-hydrogen) atoms. The average Bonchev–Trinajstić information content (AvgIpc) is 2.72. The number of hydrogen-bond acceptors (Lipinski definition) is 5. The van der Waals surface area contributed by atoms with Crippen molar-refractivity contribution in [3.8, 4) is 0 Å². The van der Waals surface area contributed by atoms with Crippen LogP contribution in [0, 0.1) is 0 Å². The van der Waals surface area contributed by atoms with Crippen LogP contribution in [0.3, 0.4) is 0 Å². The highest BCUT2D eigenvalue weighted by molar-refractivity contribution is 7.92. The van der Waals surface area contributed by atoms with E-state index in [1.54, 1.807) is 36.9 Å². The van der Waals surface area contributed by atoms with Crippen molar-refractivity contribution in [2.24, 2.45) is 0 Å². The van der Waals surface area contributed by atoms with Crippen LogP contribution < -0.4 is 10.0 Å². The van der Waals surface area contributed by atoms with E-state index in [1.807, 2.05) is 0 Å². The van der Waals surface area contributed by atoms with Gasteiger partial charge in [0, 0.05) is 31.3 Å². The summed E-state index contributed by atoms with van der Waals surface area (Å²) < 4.78 is 28.2. The number of fused-ring (bicyclic) bond motifs is 1. The number of benzene rings is 2.